The second kappa shape index (κ2) is 14.7. The fourth-order valence-corrected chi connectivity index (χ4v) is 14.6. The number of sulfonamides is 2. The van der Waals surface area contributed by atoms with Crippen molar-refractivity contribution < 1.29 is 34.8 Å². The number of carbonyl (C=O) groups excluding carboxylic acids is 2. The highest BCUT2D eigenvalue weighted by molar-refractivity contribution is 8.00. The normalized spacial score (nSPS) is 23.2. The van der Waals surface area contributed by atoms with Crippen LogP contribution in [0.1, 0.15) is 70.2 Å². The van der Waals surface area contributed by atoms with Crippen molar-refractivity contribution in [3.05, 3.63) is 56.6 Å². The molecule has 4 amide bonds. The van der Waals surface area contributed by atoms with Gasteiger partial charge in [0, 0.05) is 61.1 Å². The Morgan fingerprint density at radius 1 is 0.571 bits per heavy atom. The Morgan fingerprint density at radius 3 is 1.25 bits per heavy atom. The van der Waals surface area contributed by atoms with Gasteiger partial charge >= 0.3 is 12.1 Å². The fourth-order valence-electron chi connectivity index (χ4n) is 9.75. The lowest BCUT2D eigenvalue weighted by molar-refractivity contribution is 0.136. The van der Waals surface area contributed by atoms with Crippen LogP contribution in [0.4, 0.5) is 21.0 Å². The average Bonchev–Trinajstić information content (AvgIpc) is 3.86. The van der Waals surface area contributed by atoms with Crippen LogP contribution in [0.25, 0.3) is 0 Å². The first kappa shape index (κ1) is 38.6. The van der Waals surface area contributed by atoms with Crippen molar-refractivity contribution in [1.82, 2.24) is 19.2 Å². The molecule has 0 radical (unpaired) electrons. The highest BCUT2D eigenvalue weighted by Crippen LogP contribution is 2.40. The molecule has 14 nitrogen and oxygen atoms in total. The molecule has 4 saturated heterocycles. The number of thioether (sulfide) groups is 1. The minimum absolute atomic E-state index is 0.0882. The molecule has 2 aromatic rings. The number of aryl methyl sites for hydroxylation is 4. The lowest BCUT2D eigenvalue weighted by Gasteiger charge is -2.46. The van der Waals surface area contributed by atoms with E-state index in [9.17, 15) is 34.8 Å². The third-order valence-corrected chi connectivity index (χ3v) is 19.4. The number of sulfone groups is 1. The number of nitrogens with zero attached hydrogens (tertiary/aromatic N) is 2. The van der Waals surface area contributed by atoms with Gasteiger partial charge in [0.2, 0.25) is 20.0 Å². The predicted molar refractivity (Wildman–Crippen MR) is 217 cm³/mol. The SMILES string of the molecule is O=C(Nc1c2c(cc3c1CCC3)CCC2)NS(=O)(=O)C1CN(C2CS(=O)(=O)C2)C1.O=C(Nc1c2c(cc3c1CCC3)CCC2)NS(=O)(=O)C1CN(C2CSC2)C1. The number of fused-ring (bicyclic) bond motifs is 4. The molecule has 4 heterocycles. The summed E-state index contributed by atoms with van der Waals surface area (Å²) >= 11 is 1.89. The van der Waals surface area contributed by atoms with Crippen LogP contribution < -0.4 is 20.1 Å². The number of anilines is 2. The summed E-state index contributed by atoms with van der Waals surface area (Å²) in [6, 6.07) is 3.67. The number of hydrogen-bond donors (Lipinski definition) is 4. The van der Waals surface area contributed by atoms with Crippen molar-refractivity contribution in [2.75, 3.05) is 59.8 Å². The number of amides is 4. The summed E-state index contributed by atoms with van der Waals surface area (Å²) in [4.78, 5) is 29.1. The molecule has 4 aliphatic carbocycles. The number of hydrogen-bond acceptors (Lipinski definition) is 11. The van der Waals surface area contributed by atoms with Crippen LogP contribution in [-0.2, 0) is 81.3 Å². The van der Waals surface area contributed by atoms with E-state index in [1.54, 1.807) is 0 Å². The van der Waals surface area contributed by atoms with Gasteiger partial charge in [-0.25, -0.2) is 44.3 Å². The van der Waals surface area contributed by atoms with E-state index in [1.807, 2.05) is 16.7 Å². The summed E-state index contributed by atoms with van der Waals surface area (Å²) in [5.74, 6) is 2.37. The van der Waals surface area contributed by atoms with Gasteiger partial charge in [-0.3, -0.25) is 9.80 Å². The van der Waals surface area contributed by atoms with Crippen molar-refractivity contribution >= 4 is 65.1 Å². The van der Waals surface area contributed by atoms with Gasteiger partial charge in [-0.1, -0.05) is 12.1 Å². The van der Waals surface area contributed by atoms with E-state index in [-0.39, 0.29) is 30.6 Å². The third kappa shape index (κ3) is 7.46. The molecular weight excluding hydrogens is 797 g/mol. The molecule has 0 aromatic heterocycles. The van der Waals surface area contributed by atoms with E-state index in [1.165, 1.54) is 33.4 Å². The lowest BCUT2D eigenvalue weighted by atomic mass is 9.99. The summed E-state index contributed by atoms with van der Waals surface area (Å²) in [6.45, 7) is 1.59. The predicted octanol–water partition coefficient (Wildman–Crippen LogP) is 2.51. The zero-order valence-electron chi connectivity index (χ0n) is 31.4. The van der Waals surface area contributed by atoms with Crippen LogP contribution in [0.5, 0.6) is 0 Å². The minimum Gasteiger partial charge on any atom is -0.307 e. The second-order valence-electron chi connectivity index (χ2n) is 16.7. The Hall–Kier alpha value is -2.90. The zero-order chi connectivity index (χ0) is 39.0. The molecule has 0 bridgehead atoms. The number of urea groups is 2. The molecule has 0 spiro atoms. The van der Waals surface area contributed by atoms with Crippen LogP contribution in [-0.4, -0.2) is 119 Å². The number of benzene rings is 2. The standard InChI is InChI=1S/C19H25N3O5S2.C19H25N3O3S2/c23-19(20-18-16-5-1-3-12(16)7-13-4-2-6-17(13)18)21-29(26,27)15-8-22(9-15)14-10-28(24,25)11-14;23-19(21-27(24,25)15-8-22(9-15)14-10-26-11-14)20-18-16-5-1-3-12(16)7-13-4-2-6-17(13)18/h7,14-15H,1-6,8-11H2,(H2,20,21,23);7,14-15H,1-6,8-11H2,(H2,20,21,23). The van der Waals surface area contributed by atoms with Crippen LogP contribution in [0.3, 0.4) is 0 Å². The number of nitrogens with one attached hydrogen (secondary N) is 4. The molecule has 2 aromatic carbocycles. The molecule has 4 N–H and O–H groups in total. The number of likely N-dealkylation sites (tertiary alicyclic amines) is 2. The topological polar surface area (TPSA) is 191 Å². The Morgan fingerprint density at radius 2 is 0.929 bits per heavy atom. The Labute approximate surface area is 333 Å². The van der Waals surface area contributed by atoms with Crippen LogP contribution >= 0.6 is 11.8 Å². The van der Waals surface area contributed by atoms with E-state index in [0.29, 0.717) is 19.1 Å². The van der Waals surface area contributed by atoms with Crippen molar-refractivity contribution in [1.29, 1.82) is 0 Å². The van der Waals surface area contributed by atoms with E-state index >= 15 is 0 Å². The molecule has 10 rings (SSSR count). The first-order valence-electron chi connectivity index (χ1n) is 20.0. The van der Waals surface area contributed by atoms with Gasteiger partial charge in [0.05, 0.1) is 11.5 Å². The molecule has 0 atom stereocenters. The molecule has 0 unspecified atom stereocenters. The minimum atomic E-state index is -3.80. The van der Waals surface area contributed by atoms with Gasteiger partial charge in [-0.15, -0.1) is 0 Å². The monoisotopic (exact) mass is 846 g/mol. The van der Waals surface area contributed by atoms with E-state index in [0.717, 1.165) is 111 Å². The van der Waals surface area contributed by atoms with E-state index in [4.69, 9.17) is 0 Å². The molecule has 56 heavy (non-hydrogen) atoms. The smallest absolute Gasteiger partial charge is 0.307 e. The molecule has 0 saturated carbocycles. The molecule has 304 valence electrons. The summed E-state index contributed by atoms with van der Waals surface area (Å²) < 4.78 is 77.3. The van der Waals surface area contributed by atoms with Gasteiger partial charge in [-0.05, 0) is 122 Å². The largest absolute Gasteiger partial charge is 0.332 e. The lowest BCUT2D eigenvalue weighted by Crippen LogP contribution is -2.66. The van der Waals surface area contributed by atoms with Crippen molar-refractivity contribution in [3.8, 4) is 0 Å². The average molecular weight is 847 g/mol. The van der Waals surface area contributed by atoms with Crippen molar-refractivity contribution in [2.45, 2.75) is 99.6 Å². The Kier molecular flexibility index (Phi) is 10.2. The molecule has 8 aliphatic rings. The molecule has 4 fully saturated rings. The van der Waals surface area contributed by atoms with Gasteiger partial charge < -0.3 is 10.6 Å². The maximum atomic E-state index is 12.6. The van der Waals surface area contributed by atoms with Crippen LogP contribution in [0.15, 0.2) is 12.1 Å². The van der Waals surface area contributed by atoms with Crippen LogP contribution in [0, 0.1) is 0 Å². The van der Waals surface area contributed by atoms with E-state index in [2.05, 4.69) is 37.1 Å². The summed E-state index contributed by atoms with van der Waals surface area (Å²) in [6.07, 6.45) is 12.2. The first-order chi connectivity index (χ1) is 26.7. The fraction of sp³-hybridized carbons (Fsp3) is 0.632. The summed E-state index contributed by atoms with van der Waals surface area (Å²) in [7, 11) is -10.4. The van der Waals surface area contributed by atoms with Crippen LogP contribution in [0.2, 0.25) is 0 Å². The Bertz CT molecular complexity index is 2230. The molecular formula is C38H50N6O8S4. The first-order valence-corrected chi connectivity index (χ1v) is 26.0. The Balaban J connectivity index is 0.000000147. The maximum Gasteiger partial charge on any atom is 0.332 e. The molecule has 18 heteroatoms. The zero-order valence-corrected chi connectivity index (χ0v) is 34.7. The quantitative estimate of drug-likeness (QED) is 0.306. The van der Waals surface area contributed by atoms with Crippen molar-refractivity contribution in [2.24, 2.45) is 0 Å². The van der Waals surface area contributed by atoms with Gasteiger partial charge in [0.25, 0.3) is 0 Å². The number of carbonyl (C=O) groups is 2. The highest BCUT2D eigenvalue weighted by Gasteiger charge is 2.47. The molecule has 4 aliphatic heterocycles. The number of rotatable bonds is 8. The van der Waals surface area contributed by atoms with E-state index < -0.39 is 52.4 Å². The maximum absolute atomic E-state index is 12.6. The van der Waals surface area contributed by atoms with Crippen molar-refractivity contribution in [3.63, 3.8) is 0 Å². The van der Waals surface area contributed by atoms with Gasteiger partial charge in [-0.2, -0.15) is 11.8 Å². The third-order valence-electron chi connectivity index (χ3n) is 13.1. The highest BCUT2D eigenvalue weighted by atomic mass is 32.2. The summed E-state index contributed by atoms with van der Waals surface area (Å²) in [5, 5.41) is 4.58. The van der Waals surface area contributed by atoms with Gasteiger partial charge in [0.1, 0.15) is 10.5 Å². The summed E-state index contributed by atoms with van der Waals surface area (Å²) in [5.41, 5.74) is 11.6. The van der Waals surface area contributed by atoms with Gasteiger partial charge in [0.15, 0.2) is 9.84 Å². The second-order valence-corrected chi connectivity index (χ2v) is 23.9.